The van der Waals surface area contributed by atoms with Gasteiger partial charge in [0.2, 0.25) is 6.23 Å². The Labute approximate surface area is 197 Å². The van der Waals surface area contributed by atoms with E-state index in [4.69, 9.17) is 18.8 Å². The minimum absolute atomic E-state index is 0.179. The summed E-state index contributed by atoms with van der Waals surface area (Å²) in [5.74, 6) is -3.26. The van der Waals surface area contributed by atoms with E-state index in [9.17, 15) is 22.9 Å². The number of ether oxygens (including phenoxy) is 2. The van der Waals surface area contributed by atoms with Gasteiger partial charge in [0.25, 0.3) is 5.92 Å². The van der Waals surface area contributed by atoms with Crippen molar-refractivity contribution in [3.8, 4) is 0 Å². The number of fused-ring (bicyclic) bond motifs is 1. The fourth-order valence-corrected chi connectivity index (χ4v) is 4.17. The van der Waals surface area contributed by atoms with Crippen molar-refractivity contribution in [3.05, 3.63) is 57.8 Å². The molecule has 1 aliphatic rings. The fraction of sp³-hybridized carbons (Fsp3) is 0.381. The smallest absolute Gasteiger partial charge is 0.413 e. The first-order valence-corrected chi connectivity index (χ1v) is 11.7. The van der Waals surface area contributed by atoms with E-state index in [0.29, 0.717) is 15.9 Å². The van der Waals surface area contributed by atoms with Crippen molar-refractivity contribution in [2.45, 2.75) is 45.1 Å². The van der Waals surface area contributed by atoms with E-state index < -0.39 is 51.3 Å². The molecule has 14 heteroatoms. The third-order valence-electron chi connectivity index (χ3n) is 5.23. The second-order valence-corrected chi connectivity index (χ2v) is 8.89. The third-order valence-corrected chi connectivity index (χ3v) is 5.64. The lowest BCUT2D eigenvalue weighted by Crippen LogP contribution is -2.35. The lowest BCUT2D eigenvalue weighted by atomic mass is 10.1. The number of nitrogens with one attached hydrogen (secondary N) is 1. The average Bonchev–Trinajstić information content (AvgIpc) is 3.31. The maximum absolute atomic E-state index is 14.3. The highest BCUT2D eigenvalue weighted by atomic mass is 31.1. The first-order chi connectivity index (χ1) is 16.5. The van der Waals surface area contributed by atoms with Crippen molar-refractivity contribution in [3.63, 3.8) is 0 Å². The van der Waals surface area contributed by atoms with Crippen LogP contribution in [0, 0.1) is 13.8 Å². The van der Waals surface area contributed by atoms with Crippen molar-refractivity contribution in [2.75, 3.05) is 11.9 Å². The molecule has 0 spiro atoms. The van der Waals surface area contributed by atoms with E-state index in [1.807, 2.05) is 26.0 Å². The number of hydrogen-bond acceptors (Lipinski definition) is 8. The number of nitrogens with zero attached hydrogens (tertiary/aromatic N) is 2. The Morgan fingerprint density at radius 1 is 1.37 bits per heavy atom. The summed E-state index contributed by atoms with van der Waals surface area (Å²) in [6, 6.07) is 6.79. The van der Waals surface area contributed by atoms with Crippen LogP contribution >= 0.6 is 8.25 Å². The molecule has 3 aromatic rings. The standard InChI is InChI=1S/C21H22F2N3O8P/c1-11-5-12(2)17-13(6-11)7-14(33-17)9-31-20(28)25-16-3-4-26(19(27)24-16)18-21(22,23)8-15(34-18)10-32-35(29)30/h3-7,15,18,35H,8-10H2,1-2H3,(H,29,30)(H,24,25,27,28). The number of benzene rings is 1. The Bertz CT molecular complexity index is 1340. The van der Waals surface area contributed by atoms with Gasteiger partial charge >= 0.3 is 20.0 Å². The number of furan rings is 1. The summed E-state index contributed by atoms with van der Waals surface area (Å²) in [4.78, 5) is 36.7. The number of alkyl halides is 2. The summed E-state index contributed by atoms with van der Waals surface area (Å²) >= 11 is 0. The molecule has 35 heavy (non-hydrogen) atoms. The Balaban J connectivity index is 1.38. The topological polar surface area (TPSA) is 142 Å². The van der Waals surface area contributed by atoms with Gasteiger partial charge in [-0.3, -0.25) is 14.4 Å². The predicted molar refractivity (Wildman–Crippen MR) is 119 cm³/mol. The largest absolute Gasteiger partial charge is 0.457 e. The van der Waals surface area contributed by atoms with E-state index in [0.717, 1.165) is 28.8 Å². The molecule has 1 amide bonds. The summed E-state index contributed by atoms with van der Waals surface area (Å²) in [5, 5.41) is 3.13. The predicted octanol–water partition coefficient (Wildman–Crippen LogP) is 3.68. The van der Waals surface area contributed by atoms with Gasteiger partial charge in [0.1, 0.15) is 17.2 Å². The zero-order valence-corrected chi connectivity index (χ0v) is 19.6. The van der Waals surface area contributed by atoms with Crippen molar-refractivity contribution >= 4 is 31.1 Å². The van der Waals surface area contributed by atoms with Crippen LogP contribution in [0.2, 0.25) is 0 Å². The molecular weight excluding hydrogens is 491 g/mol. The number of carbonyl (C=O) groups excluding carboxylic acids is 1. The van der Waals surface area contributed by atoms with E-state index in [1.54, 1.807) is 6.07 Å². The minimum Gasteiger partial charge on any atom is -0.457 e. The number of anilines is 1. The van der Waals surface area contributed by atoms with Gasteiger partial charge in [-0.15, -0.1) is 0 Å². The van der Waals surface area contributed by atoms with Crippen LogP contribution in [0.3, 0.4) is 0 Å². The van der Waals surface area contributed by atoms with Crippen LogP contribution in [0.25, 0.3) is 11.0 Å². The Hall–Kier alpha value is -3.12. The molecule has 3 atom stereocenters. The van der Waals surface area contributed by atoms with Crippen molar-refractivity contribution in [1.82, 2.24) is 9.55 Å². The molecule has 3 heterocycles. The molecule has 1 fully saturated rings. The highest BCUT2D eigenvalue weighted by Crippen LogP contribution is 2.42. The van der Waals surface area contributed by atoms with Crippen LogP contribution in [0.5, 0.6) is 0 Å². The lowest BCUT2D eigenvalue weighted by Gasteiger charge is -2.19. The molecule has 0 bridgehead atoms. The molecule has 0 saturated carbocycles. The molecular formula is C21H22F2N3O8P. The first-order valence-electron chi connectivity index (χ1n) is 10.4. The number of carbonyl (C=O) groups is 1. The number of aromatic nitrogens is 2. The second kappa shape index (κ2) is 9.86. The maximum atomic E-state index is 14.3. The minimum atomic E-state index is -3.46. The molecule has 188 valence electrons. The molecule has 3 unspecified atom stereocenters. The summed E-state index contributed by atoms with van der Waals surface area (Å²) in [6.45, 7) is 3.15. The van der Waals surface area contributed by atoms with E-state index in [1.165, 1.54) is 0 Å². The van der Waals surface area contributed by atoms with Gasteiger partial charge in [-0.1, -0.05) is 11.6 Å². The van der Waals surface area contributed by atoms with E-state index in [2.05, 4.69) is 14.8 Å². The van der Waals surface area contributed by atoms with E-state index >= 15 is 0 Å². The van der Waals surface area contributed by atoms with Gasteiger partial charge in [0.05, 0.1) is 12.7 Å². The fourth-order valence-electron chi connectivity index (χ4n) is 3.84. The Kier molecular flexibility index (Phi) is 7.04. The molecule has 2 N–H and O–H groups in total. The van der Waals surface area contributed by atoms with Crippen LogP contribution in [0.15, 0.2) is 39.7 Å². The van der Waals surface area contributed by atoms with Crippen LogP contribution in [0.4, 0.5) is 19.4 Å². The summed E-state index contributed by atoms with van der Waals surface area (Å²) in [5.41, 5.74) is 1.59. The molecule has 0 radical (unpaired) electrons. The molecule has 2 aromatic heterocycles. The van der Waals surface area contributed by atoms with Crippen molar-refractivity contribution < 1.29 is 41.4 Å². The van der Waals surface area contributed by atoms with Gasteiger partial charge < -0.3 is 23.3 Å². The zero-order valence-electron chi connectivity index (χ0n) is 18.6. The number of aryl methyl sites for hydroxylation is 2. The highest BCUT2D eigenvalue weighted by Gasteiger charge is 2.52. The van der Waals surface area contributed by atoms with Gasteiger partial charge in [0, 0.05) is 18.0 Å². The monoisotopic (exact) mass is 513 g/mol. The Morgan fingerprint density at radius 2 is 2.14 bits per heavy atom. The van der Waals surface area contributed by atoms with Crippen LogP contribution in [0.1, 0.15) is 29.5 Å². The molecule has 1 aromatic carbocycles. The zero-order chi connectivity index (χ0) is 25.3. The molecule has 11 nitrogen and oxygen atoms in total. The molecule has 0 aliphatic carbocycles. The average molecular weight is 513 g/mol. The summed E-state index contributed by atoms with van der Waals surface area (Å²) in [7, 11) is -3.31. The van der Waals surface area contributed by atoms with Gasteiger partial charge in [-0.05, 0) is 37.6 Å². The maximum Gasteiger partial charge on any atom is 0.413 e. The lowest BCUT2D eigenvalue weighted by molar-refractivity contribution is -0.119. The number of halogens is 2. The highest BCUT2D eigenvalue weighted by molar-refractivity contribution is 7.32. The van der Waals surface area contributed by atoms with Crippen LogP contribution in [-0.2, 0) is 25.2 Å². The molecule has 1 saturated heterocycles. The second-order valence-electron chi connectivity index (χ2n) is 8.07. The summed E-state index contributed by atoms with van der Waals surface area (Å²) < 4.78 is 60.3. The van der Waals surface area contributed by atoms with E-state index in [-0.39, 0.29) is 12.4 Å². The van der Waals surface area contributed by atoms with Crippen LogP contribution in [-0.4, -0.2) is 39.2 Å². The summed E-state index contributed by atoms with van der Waals surface area (Å²) in [6.07, 6.45) is -3.93. The van der Waals surface area contributed by atoms with Gasteiger partial charge in [-0.2, -0.15) is 4.98 Å². The quantitative estimate of drug-likeness (QED) is 0.453. The van der Waals surface area contributed by atoms with Gasteiger partial charge in [-0.25, -0.2) is 18.4 Å². The molecule has 1 aliphatic heterocycles. The molecule has 4 rings (SSSR count). The number of hydrogen-bond donors (Lipinski definition) is 2. The SMILES string of the molecule is Cc1cc(C)c2oc(COC(=O)Nc3ccn(C4OC(CO[PH](=O)O)CC4(F)F)c(=O)n3)cc2c1. The van der Waals surface area contributed by atoms with Crippen LogP contribution < -0.4 is 11.0 Å². The number of amides is 1. The number of rotatable bonds is 7. The Morgan fingerprint density at radius 3 is 2.86 bits per heavy atom. The normalized spacial score (nSPS) is 20.1. The van der Waals surface area contributed by atoms with Crippen molar-refractivity contribution in [2.24, 2.45) is 0 Å². The third kappa shape index (κ3) is 5.76. The van der Waals surface area contributed by atoms with Gasteiger partial charge in [0.15, 0.2) is 6.61 Å². The van der Waals surface area contributed by atoms with Crippen molar-refractivity contribution in [1.29, 1.82) is 0 Å². The first kappa shape index (κ1) is 25.0.